The van der Waals surface area contributed by atoms with Crippen LogP contribution in [-0.2, 0) is 11.0 Å². The highest BCUT2D eigenvalue weighted by Gasteiger charge is 2.30. The summed E-state index contributed by atoms with van der Waals surface area (Å²) in [5.74, 6) is 0.127. The lowest BCUT2D eigenvalue weighted by Gasteiger charge is -2.08. The molecule has 0 aliphatic carbocycles. The van der Waals surface area contributed by atoms with Gasteiger partial charge in [-0.25, -0.2) is 0 Å². The average molecular weight is 400 g/mol. The second kappa shape index (κ2) is 7.53. The predicted octanol–water partition coefficient (Wildman–Crippen LogP) is 5.13. The molecule has 0 radical (unpaired) electrons. The first kappa shape index (κ1) is 18.1. The highest BCUT2D eigenvalue weighted by atomic mass is 79.9. The van der Waals surface area contributed by atoms with E-state index in [0.717, 1.165) is 22.2 Å². The minimum atomic E-state index is -4.45. The van der Waals surface area contributed by atoms with Crippen LogP contribution in [0.2, 0.25) is 0 Å². The fraction of sp³-hybridized carbons (Fsp3) is 0.118. The van der Waals surface area contributed by atoms with E-state index in [1.807, 2.05) is 0 Å². The van der Waals surface area contributed by atoms with E-state index in [0.29, 0.717) is 5.75 Å². The van der Waals surface area contributed by atoms with Gasteiger partial charge < -0.3 is 10.1 Å². The number of ether oxygens (including phenoxy) is 1. The van der Waals surface area contributed by atoms with Gasteiger partial charge in [0, 0.05) is 11.8 Å². The van der Waals surface area contributed by atoms with Crippen LogP contribution in [0.3, 0.4) is 0 Å². The molecule has 0 spiro atoms. The number of hydrogen-bond acceptors (Lipinski definition) is 2. The zero-order chi connectivity index (χ0) is 17.7. The highest BCUT2D eigenvalue weighted by Crippen LogP contribution is 2.30. The molecule has 0 unspecified atom stereocenters. The third-order valence-corrected chi connectivity index (χ3v) is 3.68. The van der Waals surface area contributed by atoms with Crippen LogP contribution in [0, 0.1) is 0 Å². The summed E-state index contributed by atoms with van der Waals surface area (Å²) in [6.45, 7) is 0. The Balaban J connectivity index is 2.07. The van der Waals surface area contributed by atoms with Gasteiger partial charge in [-0.1, -0.05) is 12.1 Å². The lowest BCUT2D eigenvalue weighted by Crippen LogP contribution is -2.10. The second-order valence-electron chi connectivity index (χ2n) is 4.80. The summed E-state index contributed by atoms with van der Waals surface area (Å²) in [4.78, 5) is 11.8. The third-order valence-electron chi connectivity index (χ3n) is 3.06. The van der Waals surface area contributed by atoms with Crippen molar-refractivity contribution in [2.75, 3.05) is 12.4 Å². The SMILES string of the molecule is COc1ccc(/C=C/C(=O)Nc2cccc(C(F)(F)F)c2)cc1Br. The fourth-order valence-corrected chi connectivity index (χ4v) is 2.47. The minimum absolute atomic E-state index is 0.0791. The van der Waals surface area contributed by atoms with E-state index in [1.54, 1.807) is 24.3 Å². The Hall–Kier alpha value is -2.28. The molecule has 0 aliphatic heterocycles. The number of nitrogens with one attached hydrogen (secondary N) is 1. The highest BCUT2D eigenvalue weighted by molar-refractivity contribution is 9.10. The molecule has 126 valence electrons. The van der Waals surface area contributed by atoms with E-state index in [9.17, 15) is 18.0 Å². The maximum Gasteiger partial charge on any atom is 0.416 e. The molecule has 1 amide bonds. The summed E-state index contributed by atoms with van der Waals surface area (Å²) in [6, 6.07) is 9.70. The third kappa shape index (κ3) is 4.86. The zero-order valence-electron chi connectivity index (χ0n) is 12.5. The van der Waals surface area contributed by atoms with E-state index in [4.69, 9.17) is 4.74 Å². The van der Waals surface area contributed by atoms with Gasteiger partial charge in [0.2, 0.25) is 5.91 Å². The molecule has 0 bridgehead atoms. The maximum absolute atomic E-state index is 12.6. The Labute approximate surface area is 145 Å². The number of hydrogen-bond donors (Lipinski definition) is 1. The Morgan fingerprint density at radius 1 is 1.21 bits per heavy atom. The van der Waals surface area contributed by atoms with Crippen LogP contribution in [-0.4, -0.2) is 13.0 Å². The van der Waals surface area contributed by atoms with E-state index < -0.39 is 17.6 Å². The topological polar surface area (TPSA) is 38.3 Å². The molecule has 2 aromatic rings. The molecule has 0 atom stereocenters. The summed E-state index contributed by atoms with van der Waals surface area (Å²) < 4.78 is 43.7. The molecule has 0 saturated heterocycles. The van der Waals surface area contributed by atoms with Crippen LogP contribution in [0.1, 0.15) is 11.1 Å². The van der Waals surface area contributed by atoms with Crippen LogP contribution >= 0.6 is 15.9 Å². The standard InChI is InChI=1S/C17H13BrF3NO2/c1-24-15-7-5-11(9-14(15)18)6-8-16(23)22-13-4-2-3-12(10-13)17(19,20)21/h2-10H,1H3,(H,22,23)/b8-6+. The van der Waals surface area contributed by atoms with Crippen molar-refractivity contribution in [3.8, 4) is 5.75 Å². The number of carbonyl (C=O) groups excluding carboxylic acids is 1. The molecule has 0 heterocycles. The maximum atomic E-state index is 12.6. The molecule has 0 aromatic heterocycles. The molecule has 1 N–H and O–H groups in total. The number of benzene rings is 2. The molecule has 0 aliphatic rings. The summed E-state index contributed by atoms with van der Waals surface area (Å²) in [6.07, 6.45) is -1.66. The fourth-order valence-electron chi connectivity index (χ4n) is 1.92. The normalized spacial score (nSPS) is 11.5. The van der Waals surface area contributed by atoms with Gasteiger partial charge in [-0.05, 0) is 57.9 Å². The number of amides is 1. The van der Waals surface area contributed by atoms with Gasteiger partial charge in [-0.3, -0.25) is 4.79 Å². The molecule has 7 heteroatoms. The first-order valence-electron chi connectivity index (χ1n) is 6.79. The van der Waals surface area contributed by atoms with Crippen molar-refractivity contribution in [2.24, 2.45) is 0 Å². The van der Waals surface area contributed by atoms with Crippen molar-refractivity contribution in [1.82, 2.24) is 0 Å². The average Bonchev–Trinajstić information content (AvgIpc) is 2.52. The number of anilines is 1. The smallest absolute Gasteiger partial charge is 0.416 e. The summed E-state index contributed by atoms with van der Waals surface area (Å²) >= 11 is 3.33. The Morgan fingerprint density at radius 2 is 1.96 bits per heavy atom. The van der Waals surface area contributed by atoms with Crippen molar-refractivity contribution in [3.05, 3.63) is 64.1 Å². The number of alkyl halides is 3. The molecule has 24 heavy (non-hydrogen) atoms. The lowest BCUT2D eigenvalue weighted by atomic mass is 10.2. The quantitative estimate of drug-likeness (QED) is 0.723. The van der Waals surface area contributed by atoms with E-state index >= 15 is 0 Å². The van der Waals surface area contributed by atoms with Gasteiger partial charge in [0.15, 0.2) is 0 Å². The number of carbonyl (C=O) groups is 1. The van der Waals surface area contributed by atoms with Crippen molar-refractivity contribution in [3.63, 3.8) is 0 Å². The molecular weight excluding hydrogens is 387 g/mol. The van der Waals surface area contributed by atoms with Crippen molar-refractivity contribution in [1.29, 1.82) is 0 Å². The van der Waals surface area contributed by atoms with Crippen LogP contribution < -0.4 is 10.1 Å². The Kier molecular flexibility index (Phi) is 5.66. The first-order valence-corrected chi connectivity index (χ1v) is 7.59. The Morgan fingerprint density at radius 3 is 2.58 bits per heavy atom. The van der Waals surface area contributed by atoms with Crippen molar-refractivity contribution in [2.45, 2.75) is 6.18 Å². The Bertz CT molecular complexity index is 773. The number of halogens is 4. The molecule has 0 saturated carbocycles. The molecule has 2 aromatic carbocycles. The van der Waals surface area contributed by atoms with Gasteiger partial charge in [-0.2, -0.15) is 13.2 Å². The van der Waals surface area contributed by atoms with Crippen LogP contribution in [0.15, 0.2) is 53.0 Å². The second-order valence-corrected chi connectivity index (χ2v) is 5.65. The van der Waals surface area contributed by atoms with Gasteiger partial charge in [0.25, 0.3) is 0 Å². The van der Waals surface area contributed by atoms with Crippen LogP contribution in [0.25, 0.3) is 6.08 Å². The van der Waals surface area contributed by atoms with Crippen LogP contribution in [0.4, 0.5) is 18.9 Å². The molecular formula is C17H13BrF3NO2. The summed E-state index contributed by atoms with van der Waals surface area (Å²) in [5, 5.41) is 2.40. The van der Waals surface area contributed by atoms with Gasteiger partial charge in [0.1, 0.15) is 5.75 Å². The van der Waals surface area contributed by atoms with E-state index in [-0.39, 0.29) is 5.69 Å². The molecule has 2 rings (SSSR count). The van der Waals surface area contributed by atoms with Gasteiger partial charge in [0.05, 0.1) is 17.1 Å². The predicted molar refractivity (Wildman–Crippen MR) is 89.8 cm³/mol. The lowest BCUT2D eigenvalue weighted by molar-refractivity contribution is -0.137. The van der Waals surface area contributed by atoms with Gasteiger partial charge in [-0.15, -0.1) is 0 Å². The zero-order valence-corrected chi connectivity index (χ0v) is 14.1. The van der Waals surface area contributed by atoms with E-state index in [2.05, 4.69) is 21.2 Å². The first-order chi connectivity index (χ1) is 11.3. The number of rotatable bonds is 4. The molecule has 3 nitrogen and oxygen atoms in total. The van der Waals surface area contributed by atoms with Crippen LogP contribution in [0.5, 0.6) is 5.75 Å². The summed E-state index contributed by atoms with van der Waals surface area (Å²) in [5.41, 5.74) is 0.000572. The van der Waals surface area contributed by atoms with Crippen molar-refractivity contribution >= 4 is 33.6 Å². The van der Waals surface area contributed by atoms with Gasteiger partial charge >= 0.3 is 6.18 Å². The minimum Gasteiger partial charge on any atom is -0.496 e. The van der Waals surface area contributed by atoms with E-state index in [1.165, 1.54) is 25.3 Å². The largest absolute Gasteiger partial charge is 0.496 e. The summed E-state index contributed by atoms with van der Waals surface area (Å²) in [7, 11) is 1.54. The molecule has 0 fully saturated rings. The number of methoxy groups -OCH3 is 1. The van der Waals surface area contributed by atoms with Crippen molar-refractivity contribution < 1.29 is 22.7 Å². The monoisotopic (exact) mass is 399 g/mol.